The van der Waals surface area contributed by atoms with Crippen molar-refractivity contribution in [3.8, 4) is 0 Å². The molecule has 0 aromatic heterocycles. The first-order chi connectivity index (χ1) is 5.85. The first-order valence-corrected chi connectivity index (χ1v) is 5.07. The maximum atomic E-state index is 8.93. The number of aliphatic hydroxyl groups excluding tert-OH is 1. The molecule has 0 saturated heterocycles. The Morgan fingerprint density at radius 1 is 1.17 bits per heavy atom. The zero-order valence-electron chi connectivity index (χ0n) is 8.38. The molecule has 0 aromatic carbocycles. The summed E-state index contributed by atoms with van der Waals surface area (Å²) in [6.07, 6.45) is 5.76. The predicted molar refractivity (Wildman–Crippen MR) is 51.3 cm³/mol. The molecule has 0 heterocycles. The molecule has 0 aromatic rings. The molecule has 74 valence electrons. The van der Waals surface area contributed by atoms with E-state index in [1.807, 2.05) is 0 Å². The lowest BCUT2D eigenvalue weighted by Crippen LogP contribution is -2.17. The van der Waals surface area contributed by atoms with Crippen molar-refractivity contribution in [3.63, 3.8) is 0 Å². The highest BCUT2D eigenvalue weighted by Gasteiger charge is 2.05. The molecule has 1 N–H and O–H groups in total. The highest BCUT2D eigenvalue weighted by molar-refractivity contribution is 4.55. The molecule has 0 rings (SSSR count). The molecule has 0 fully saturated rings. The summed E-state index contributed by atoms with van der Waals surface area (Å²) in [4.78, 5) is 0. The Morgan fingerprint density at radius 3 is 2.42 bits per heavy atom. The maximum Gasteiger partial charge on any atom is 0.0805 e. The summed E-state index contributed by atoms with van der Waals surface area (Å²) in [5.74, 6) is 0. The molecule has 0 aliphatic rings. The summed E-state index contributed by atoms with van der Waals surface area (Å²) < 4.78 is 5.44. The van der Waals surface area contributed by atoms with Crippen LogP contribution in [-0.2, 0) is 4.74 Å². The van der Waals surface area contributed by atoms with E-state index in [4.69, 9.17) is 9.84 Å². The van der Waals surface area contributed by atoms with Crippen molar-refractivity contribution in [2.75, 3.05) is 13.2 Å². The number of rotatable bonds is 8. The van der Waals surface area contributed by atoms with E-state index in [9.17, 15) is 0 Å². The molecule has 2 heteroatoms. The van der Waals surface area contributed by atoms with Gasteiger partial charge in [-0.3, -0.25) is 0 Å². The minimum atomic E-state index is 0.0801. The van der Waals surface area contributed by atoms with E-state index in [0.29, 0.717) is 0 Å². The van der Waals surface area contributed by atoms with Crippen molar-refractivity contribution in [2.24, 2.45) is 0 Å². The fourth-order valence-corrected chi connectivity index (χ4v) is 1.13. The van der Waals surface area contributed by atoms with Gasteiger partial charge in [-0.15, -0.1) is 0 Å². The number of hydrogen-bond donors (Lipinski definition) is 1. The zero-order chi connectivity index (χ0) is 9.23. The van der Waals surface area contributed by atoms with Gasteiger partial charge in [0.2, 0.25) is 0 Å². The molecule has 0 spiro atoms. The lowest BCUT2D eigenvalue weighted by Gasteiger charge is -2.14. The normalized spacial score (nSPS) is 13.2. The number of unbranched alkanes of at least 4 members (excludes halogenated alkanes) is 2. The summed E-state index contributed by atoms with van der Waals surface area (Å²) >= 11 is 0. The first-order valence-electron chi connectivity index (χ1n) is 5.07. The van der Waals surface area contributed by atoms with Crippen molar-refractivity contribution in [1.29, 1.82) is 0 Å². The summed E-state index contributed by atoms with van der Waals surface area (Å²) in [5, 5.41) is 8.93. The van der Waals surface area contributed by atoms with Crippen molar-refractivity contribution < 1.29 is 9.84 Å². The van der Waals surface area contributed by atoms with Crippen molar-refractivity contribution in [3.05, 3.63) is 0 Å². The van der Waals surface area contributed by atoms with Crippen LogP contribution in [0.15, 0.2) is 0 Å². The maximum absolute atomic E-state index is 8.93. The first kappa shape index (κ1) is 11.9. The van der Waals surface area contributed by atoms with Crippen LogP contribution in [0.2, 0.25) is 0 Å². The molecule has 2 nitrogen and oxygen atoms in total. The number of ether oxygens (including phenoxy) is 1. The van der Waals surface area contributed by atoms with E-state index in [1.165, 1.54) is 19.3 Å². The highest BCUT2D eigenvalue weighted by Crippen LogP contribution is 2.06. The zero-order valence-corrected chi connectivity index (χ0v) is 8.38. The standard InChI is InChI=1S/C10H22O2/c1-3-5-6-7-10(9-11)12-8-4-2/h10-11H,3-9H2,1-2H3. The van der Waals surface area contributed by atoms with Crippen molar-refractivity contribution >= 4 is 0 Å². The summed E-state index contributed by atoms with van der Waals surface area (Å²) in [6, 6.07) is 0. The molecule has 12 heavy (non-hydrogen) atoms. The Bertz CT molecular complexity index is 83.9. The Labute approximate surface area is 75.9 Å². The van der Waals surface area contributed by atoms with Gasteiger partial charge < -0.3 is 9.84 Å². The van der Waals surface area contributed by atoms with E-state index < -0.39 is 0 Å². The summed E-state index contributed by atoms with van der Waals surface area (Å²) in [5.41, 5.74) is 0. The van der Waals surface area contributed by atoms with Gasteiger partial charge in [0.25, 0.3) is 0 Å². The average molecular weight is 174 g/mol. The van der Waals surface area contributed by atoms with Gasteiger partial charge in [-0.05, 0) is 12.8 Å². The van der Waals surface area contributed by atoms with Gasteiger partial charge in [0.15, 0.2) is 0 Å². The van der Waals surface area contributed by atoms with E-state index >= 15 is 0 Å². The monoisotopic (exact) mass is 174 g/mol. The fraction of sp³-hybridized carbons (Fsp3) is 1.00. The molecular formula is C10H22O2. The van der Waals surface area contributed by atoms with Crippen LogP contribution >= 0.6 is 0 Å². The quantitative estimate of drug-likeness (QED) is 0.572. The van der Waals surface area contributed by atoms with E-state index in [-0.39, 0.29) is 12.7 Å². The van der Waals surface area contributed by atoms with Gasteiger partial charge in [-0.1, -0.05) is 33.1 Å². The van der Waals surface area contributed by atoms with E-state index in [2.05, 4.69) is 13.8 Å². The van der Waals surface area contributed by atoms with Gasteiger partial charge in [-0.2, -0.15) is 0 Å². The fourth-order valence-electron chi connectivity index (χ4n) is 1.13. The van der Waals surface area contributed by atoms with Crippen LogP contribution in [0.4, 0.5) is 0 Å². The Balaban J connectivity index is 3.26. The van der Waals surface area contributed by atoms with Crippen LogP contribution in [0.1, 0.15) is 46.0 Å². The summed E-state index contributed by atoms with van der Waals surface area (Å²) in [7, 11) is 0. The van der Waals surface area contributed by atoms with Crippen LogP contribution < -0.4 is 0 Å². The smallest absolute Gasteiger partial charge is 0.0805 e. The lowest BCUT2D eigenvalue weighted by molar-refractivity contribution is 0.00713. The molecular weight excluding hydrogens is 152 g/mol. The van der Waals surface area contributed by atoms with Gasteiger partial charge in [0.1, 0.15) is 0 Å². The largest absolute Gasteiger partial charge is 0.394 e. The predicted octanol–water partition coefficient (Wildman–Crippen LogP) is 2.35. The van der Waals surface area contributed by atoms with Crippen LogP contribution in [0.3, 0.4) is 0 Å². The summed E-state index contributed by atoms with van der Waals surface area (Å²) in [6.45, 7) is 5.21. The third-order valence-electron chi connectivity index (χ3n) is 1.89. The Kier molecular flexibility index (Phi) is 8.95. The van der Waals surface area contributed by atoms with Crippen LogP contribution in [0.5, 0.6) is 0 Å². The molecule has 0 amide bonds. The van der Waals surface area contributed by atoms with Crippen molar-refractivity contribution in [1.82, 2.24) is 0 Å². The van der Waals surface area contributed by atoms with E-state index in [0.717, 1.165) is 19.4 Å². The third-order valence-corrected chi connectivity index (χ3v) is 1.89. The minimum absolute atomic E-state index is 0.0801. The average Bonchev–Trinajstić information content (AvgIpc) is 2.11. The Hall–Kier alpha value is -0.0800. The second-order valence-electron chi connectivity index (χ2n) is 3.17. The highest BCUT2D eigenvalue weighted by atomic mass is 16.5. The molecule has 0 saturated carbocycles. The molecule has 0 bridgehead atoms. The number of hydrogen-bond acceptors (Lipinski definition) is 2. The van der Waals surface area contributed by atoms with Crippen LogP contribution in [0.25, 0.3) is 0 Å². The topological polar surface area (TPSA) is 29.5 Å². The van der Waals surface area contributed by atoms with Gasteiger partial charge in [0.05, 0.1) is 12.7 Å². The van der Waals surface area contributed by atoms with Crippen molar-refractivity contribution in [2.45, 2.75) is 52.1 Å². The van der Waals surface area contributed by atoms with Crippen LogP contribution in [0, 0.1) is 0 Å². The van der Waals surface area contributed by atoms with Gasteiger partial charge >= 0.3 is 0 Å². The SMILES string of the molecule is CCCCCC(CO)OCCC. The molecule has 0 aliphatic carbocycles. The number of aliphatic hydroxyl groups is 1. The van der Waals surface area contributed by atoms with E-state index in [1.54, 1.807) is 0 Å². The van der Waals surface area contributed by atoms with Gasteiger partial charge in [0, 0.05) is 6.61 Å². The molecule has 0 radical (unpaired) electrons. The Morgan fingerprint density at radius 2 is 1.92 bits per heavy atom. The van der Waals surface area contributed by atoms with Gasteiger partial charge in [-0.25, -0.2) is 0 Å². The molecule has 1 unspecified atom stereocenters. The third kappa shape index (κ3) is 6.62. The van der Waals surface area contributed by atoms with Crippen LogP contribution in [-0.4, -0.2) is 24.4 Å². The molecule has 1 atom stereocenters. The second kappa shape index (κ2) is 9.01. The molecule has 0 aliphatic heterocycles. The lowest BCUT2D eigenvalue weighted by atomic mass is 10.1. The minimum Gasteiger partial charge on any atom is -0.394 e. The second-order valence-corrected chi connectivity index (χ2v) is 3.17.